The molecule has 0 aromatic heterocycles. The predicted molar refractivity (Wildman–Crippen MR) is 97.0 cm³/mol. The van der Waals surface area contributed by atoms with Crippen molar-refractivity contribution in [2.24, 2.45) is 0 Å². The van der Waals surface area contributed by atoms with Crippen molar-refractivity contribution in [1.82, 2.24) is 10.2 Å². The Balaban J connectivity index is 0.00000200. The molecule has 0 radical (unpaired) electrons. The molecule has 0 unspecified atom stereocenters. The van der Waals surface area contributed by atoms with Gasteiger partial charge in [0.05, 0.1) is 4.47 Å². The predicted octanol–water partition coefficient (Wildman–Crippen LogP) is 4.13. The van der Waals surface area contributed by atoms with E-state index in [4.69, 9.17) is 0 Å². The molecule has 21 heavy (non-hydrogen) atoms. The van der Waals surface area contributed by atoms with Crippen LogP contribution in [0.25, 0.3) is 0 Å². The van der Waals surface area contributed by atoms with Gasteiger partial charge in [-0.25, -0.2) is 0 Å². The number of phenols is 1. The quantitative estimate of drug-likeness (QED) is 0.780. The summed E-state index contributed by atoms with van der Waals surface area (Å²) in [6, 6.07) is 6.39. The van der Waals surface area contributed by atoms with Crippen LogP contribution in [0.15, 0.2) is 22.7 Å². The summed E-state index contributed by atoms with van der Waals surface area (Å²) < 4.78 is 0.793. The van der Waals surface area contributed by atoms with Crippen LogP contribution in [-0.4, -0.2) is 36.2 Å². The minimum Gasteiger partial charge on any atom is -0.507 e. The molecule has 0 spiro atoms. The molecule has 2 N–H and O–H groups in total. The summed E-state index contributed by atoms with van der Waals surface area (Å²) in [4.78, 5) is 2.56. The van der Waals surface area contributed by atoms with E-state index in [9.17, 15) is 5.11 Å². The second-order valence-corrected chi connectivity index (χ2v) is 6.01. The molecule has 1 saturated heterocycles. The van der Waals surface area contributed by atoms with Gasteiger partial charge < -0.3 is 10.4 Å². The number of nitrogens with one attached hydrogen (secondary N) is 1. The Labute approximate surface area is 148 Å². The van der Waals surface area contributed by atoms with Crippen molar-refractivity contribution in [3.05, 3.63) is 28.2 Å². The first-order valence-corrected chi connectivity index (χ1v) is 7.95. The Morgan fingerprint density at radius 1 is 1.29 bits per heavy atom. The summed E-state index contributed by atoms with van der Waals surface area (Å²) in [6.07, 6.45) is 3.66. The number of hydrogen-bond acceptors (Lipinski definition) is 3. The van der Waals surface area contributed by atoms with Gasteiger partial charge in [0.2, 0.25) is 0 Å². The highest BCUT2D eigenvalue weighted by Crippen LogP contribution is 2.32. The molecular weight excluding hydrogens is 375 g/mol. The first kappa shape index (κ1) is 21.0. The van der Waals surface area contributed by atoms with Crippen molar-refractivity contribution in [3.63, 3.8) is 0 Å². The van der Waals surface area contributed by atoms with E-state index >= 15 is 0 Å². The molecule has 122 valence electrons. The fourth-order valence-electron chi connectivity index (χ4n) is 2.68. The highest BCUT2D eigenvalue weighted by molar-refractivity contribution is 9.10. The first-order chi connectivity index (χ1) is 9.22. The van der Waals surface area contributed by atoms with Crippen LogP contribution in [0, 0.1) is 0 Å². The lowest BCUT2D eigenvalue weighted by atomic mass is 9.98. The van der Waals surface area contributed by atoms with Gasteiger partial charge in [-0.3, -0.25) is 4.90 Å². The highest BCUT2D eigenvalue weighted by atomic mass is 79.9. The molecule has 1 aliphatic heterocycles. The van der Waals surface area contributed by atoms with E-state index in [0.29, 0.717) is 11.8 Å². The second-order valence-electron chi connectivity index (χ2n) is 5.15. The number of halogens is 3. The molecule has 1 aromatic rings. The lowest BCUT2D eigenvalue weighted by Crippen LogP contribution is -2.45. The van der Waals surface area contributed by atoms with E-state index in [1.54, 1.807) is 6.07 Å². The fourth-order valence-corrected chi connectivity index (χ4v) is 3.08. The van der Waals surface area contributed by atoms with Crippen LogP contribution in [0.5, 0.6) is 5.75 Å². The number of phenolic OH excluding ortho intramolecular Hbond substituents is 1. The van der Waals surface area contributed by atoms with Gasteiger partial charge in [-0.05, 0) is 40.0 Å². The van der Waals surface area contributed by atoms with Gasteiger partial charge in [-0.2, -0.15) is 0 Å². The lowest BCUT2D eigenvalue weighted by Gasteiger charge is -2.35. The Bertz CT molecular complexity index is 415. The van der Waals surface area contributed by atoms with E-state index in [2.05, 4.69) is 45.2 Å². The largest absolute Gasteiger partial charge is 0.507 e. The topological polar surface area (TPSA) is 35.5 Å². The summed E-state index contributed by atoms with van der Waals surface area (Å²) >= 11 is 3.43. The van der Waals surface area contributed by atoms with Crippen LogP contribution in [0.3, 0.4) is 0 Å². The van der Waals surface area contributed by atoms with Crippen LogP contribution in [0.4, 0.5) is 0 Å². The smallest absolute Gasteiger partial charge is 0.129 e. The summed E-state index contributed by atoms with van der Waals surface area (Å²) in [7, 11) is 0. The zero-order valence-corrected chi connectivity index (χ0v) is 15.6. The average molecular weight is 400 g/mol. The Hall–Kier alpha value is -0.000000000000000111. The molecule has 2 rings (SSSR count). The molecule has 3 nitrogen and oxygen atoms in total. The third-order valence-electron chi connectivity index (χ3n) is 3.78. The van der Waals surface area contributed by atoms with Crippen molar-refractivity contribution in [3.8, 4) is 5.75 Å². The van der Waals surface area contributed by atoms with Crippen molar-refractivity contribution in [1.29, 1.82) is 0 Å². The average Bonchev–Trinajstić information content (AvgIpc) is 2.44. The summed E-state index contributed by atoms with van der Waals surface area (Å²) in [5.41, 5.74) is 1.31. The van der Waals surface area contributed by atoms with Gasteiger partial charge in [0.1, 0.15) is 5.75 Å². The first-order valence-electron chi connectivity index (χ1n) is 7.15. The number of hydrogen-bond donors (Lipinski definition) is 2. The maximum Gasteiger partial charge on any atom is 0.129 e. The van der Waals surface area contributed by atoms with Gasteiger partial charge in [-0.1, -0.05) is 25.8 Å². The van der Waals surface area contributed by atoms with Crippen LogP contribution in [0.2, 0.25) is 0 Å². The van der Waals surface area contributed by atoms with Gasteiger partial charge in [0.15, 0.2) is 0 Å². The van der Waals surface area contributed by atoms with Crippen LogP contribution >= 0.6 is 40.7 Å². The van der Waals surface area contributed by atoms with Crippen molar-refractivity contribution in [2.45, 2.75) is 32.2 Å². The number of piperazine rings is 1. The maximum absolute atomic E-state index is 9.64. The van der Waals surface area contributed by atoms with E-state index in [0.717, 1.165) is 30.7 Å². The zero-order chi connectivity index (χ0) is 13.7. The summed E-state index contributed by atoms with van der Waals surface area (Å²) in [5.74, 6) is 0.318. The van der Waals surface area contributed by atoms with Gasteiger partial charge in [0, 0.05) is 32.2 Å². The molecule has 0 bridgehead atoms. The minimum atomic E-state index is 0. The van der Waals surface area contributed by atoms with E-state index in [-0.39, 0.29) is 24.8 Å². The molecule has 1 aliphatic rings. The molecule has 1 fully saturated rings. The highest BCUT2D eigenvalue weighted by Gasteiger charge is 2.22. The fraction of sp³-hybridized carbons (Fsp3) is 0.600. The number of rotatable bonds is 5. The summed E-state index contributed by atoms with van der Waals surface area (Å²) in [6.45, 7) is 6.59. The molecule has 1 heterocycles. The lowest BCUT2D eigenvalue weighted by molar-refractivity contribution is 0.163. The number of aromatic hydroxyl groups is 1. The van der Waals surface area contributed by atoms with Gasteiger partial charge >= 0.3 is 0 Å². The molecule has 0 saturated carbocycles. The molecular formula is C15H25BrCl2N2O. The van der Waals surface area contributed by atoms with Crippen LogP contribution in [0.1, 0.15) is 37.8 Å². The van der Waals surface area contributed by atoms with Crippen LogP contribution in [-0.2, 0) is 0 Å². The molecule has 1 aromatic carbocycles. The maximum atomic E-state index is 9.64. The van der Waals surface area contributed by atoms with E-state index in [1.807, 2.05) is 0 Å². The normalized spacial score (nSPS) is 16.7. The van der Waals surface area contributed by atoms with Crippen molar-refractivity contribution in [2.75, 3.05) is 26.2 Å². The summed E-state index contributed by atoms with van der Waals surface area (Å²) in [5, 5.41) is 13.0. The SMILES string of the molecule is CCCC[C@@H](c1ccc(O)c(Br)c1)N1CCNCC1.Cl.Cl. The van der Waals surface area contributed by atoms with Crippen molar-refractivity contribution >= 4 is 40.7 Å². The standard InChI is InChI=1S/C15H23BrN2O.2ClH/c1-2-3-4-14(18-9-7-17-8-10-18)12-5-6-15(19)13(16)11-12;;/h5-6,11,14,17,19H,2-4,7-10H2,1H3;2*1H/t14-;;/m0../s1. The monoisotopic (exact) mass is 398 g/mol. The van der Waals surface area contributed by atoms with E-state index in [1.165, 1.54) is 24.8 Å². The van der Waals surface area contributed by atoms with Gasteiger partial charge in [-0.15, -0.1) is 24.8 Å². The zero-order valence-electron chi connectivity index (χ0n) is 12.3. The van der Waals surface area contributed by atoms with Crippen LogP contribution < -0.4 is 5.32 Å². The Kier molecular flexibility index (Phi) is 10.7. The van der Waals surface area contributed by atoms with E-state index < -0.39 is 0 Å². The van der Waals surface area contributed by atoms with Crippen molar-refractivity contribution < 1.29 is 5.11 Å². The Morgan fingerprint density at radius 2 is 1.95 bits per heavy atom. The molecule has 0 amide bonds. The third kappa shape index (κ3) is 5.95. The molecule has 1 atom stereocenters. The number of nitrogens with zero attached hydrogens (tertiary/aromatic N) is 1. The minimum absolute atomic E-state index is 0. The number of unbranched alkanes of at least 4 members (excludes halogenated alkanes) is 1. The second kappa shape index (κ2) is 10.7. The number of benzene rings is 1. The Morgan fingerprint density at radius 3 is 2.52 bits per heavy atom. The molecule has 0 aliphatic carbocycles. The molecule has 6 heteroatoms. The van der Waals surface area contributed by atoms with Gasteiger partial charge in [0.25, 0.3) is 0 Å². The third-order valence-corrected chi connectivity index (χ3v) is 4.42.